The molecular formula is C12H14F2N2. The number of anilines is 2. The third-order valence-electron chi connectivity index (χ3n) is 3.34. The van der Waals surface area contributed by atoms with Gasteiger partial charge in [0.15, 0.2) is 5.82 Å². The van der Waals surface area contributed by atoms with Gasteiger partial charge in [0.05, 0.1) is 11.4 Å². The molecule has 86 valence electrons. The maximum absolute atomic E-state index is 13.5. The number of benzene rings is 1. The first-order valence-corrected chi connectivity index (χ1v) is 5.73. The van der Waals surface area contributed by atoms with Crippen LogP contribution in [0.15, 0.2) is 12.1 Å². The Morgan fingerprint density at radius 2 is 1.94 bits per heavy atom. The lowest BCUT2D eigenvalue weighted by Crippen LogP contribution is -2.21. The maximum Gasteiger partial charge on any atom is 0.151 e. The molecule has 1 aromatic rings. The predicted molar refractivity (Wildman–Crippen MR) is 59.6 cm³/mol. The van der Waals surface area contributed by atoms with E-state index in [2.05, 4.69) is 10.6 Å². The second-order valence-corrected chi connectivity index (χ2v) is 4.61. The first-order chi connectivity index (χ1) is 7.74. The predicted octanol–water partition coefficient (Wildman–Crippen LogP) is 2.97. The summed E-state index contributed by atoms with van der Waals surface area (Å²) in [7, 11) is 0. The van der Waals surface area contributed by atoms with Crippen LogP contribution in [0.2, 0.25) is 0 Å². The van der Waals surface area contributed by atoms with Crippen molar-refractivity contribution >= 4 is 11.4 Å². The zero-order chi connectivity index (χ0) is 11.1. The molecule has 1 saturated carbocycles. The summed E-state index contributed by atoms with van der Waals surface area (Å²) in [5.41, 5.74) is 0.969. The normalized spacial score (nSPS) is 24.0. The van der Waals surface area contributed by atoms with E-state index in [9.17, 15) is 8.78 Å². The molecule has 0 aromatic heterocycles. The van der Waals surface area contributed by atoms with Crippen molar-refractivity contribution in [1.82, 2.24) is 0 Å². The van der Waals surface area contributed by atoms with Gasteiger partial charge in [-0.15, -0.1) is 0 Å². The molecule has 3 rings (SSSR count). The molecule has 0 saturated heterocycles. The highest BCUT2D eigenvalue weighted by Crippen LogP contribution is 2.39. The van der Waals surface area contributed by atoms with E-state index in [0.717, 1.165) is 19.0 Å². The second kappa shape index (κ2) is 3.61. The Balaban J connectivity index is 1.95. The fourth-order valence-electron chi connectivity index (χ4n) is 2.34. The second-order valence-electron chi connectivity index (χ2n) is 4.61. The SMILES string of the molecule is Fc1cc(F)c2c(c1)NC(C1CC1)CCN2. The molecule has 0 bridgehead atoms. The molecule has 1 aliphatic heterocycles. The van der Waals surface area contributed by atoms with Crippen molar-refractivity contribution in [2.24, 2.45) is 5.92 Å². The van der Waals surface area contributed by atoms with E-state index >= 15 is 0 Å². The zero-order valence-corrected chi connectivity index (χ0v) is 8.89. The average Bonchev–Trinajstić information content (AvgIpc) is 3.01. The molecule has 1 aromatic carbocycles. The van der Waals surface area contributed by atoms with Gasteiger partial charge >= 0.3 is 0 Å². The number of halogens is 2. The van der Waals surface area contributed by atoms with Crippen LogP contribution in [0.5, 0.6) is 0 Å². The van der Waals surface area contributed by atoms with Gasteiger partial charge in [-0.2, -0.15) is 0 Å². The minimum absolute atomic E-state index is 0.356. The summed E-state index contributed by atoms with van der Waals surface area (Å²) in [4.78, 5) is 0. The highest BCUT2D eigenvalue weighted by Gasteiger charge is 2.32. The van der Waals surface area contributed by atoms with Gasteiger partial charge < -0.3 is 10.6 Å². The Kier molecular flexibility index (Phi) is 2.23. The van der Waals surface area contributed by atoms with E-state index in [4.69, 9.17) is 0 Å². The van der Waals surface area contributed by atoms with E-state index in [1.54, 1.807) is 0 Å². The van der Waals surface area contributed by atoms with Gasteiger partial charge in [-0.1, -0.05) is 0 Å². The fourth-order valence-corrected chi connectivity index (χ4v) is 2.34. The molecule has 4 heteroatoms. The Morgan fingerprint density at radius 3 is 2.69 bits per heavy atom. The smallest absolute Gasteiger partial charge is 0.151 e. The van der Waals surface area contributed by atoms with E-state index in [0.29, 0.717) is 23.3 Å². The highest BCUT2D eigenvalue weighted by atomic mass is 19.1. The number of rotatable bonds is 1. The zero-order valence-electron chi connectivity index (χ0n) is 8.89. The molecule has 0 radical (unpaired) electrons. The lowest BCUT2D eigenvalue weighted by molar-refractivity contribution is 0.586. The van der Waals surface area contributed by atoms with Gasteiger partial charge in [0.25, 0.3) is 0 Å². The summed E-state index contributed by atoms with van der Waals surface area (Å²) in [6.07, 6.45) is 3.41. The van der Waals surface area contributed by atoms with Crippen LogP contribution in [0, 0.1) is 17.6 Å². The standard InChI is InChI=1S/C12H14F2N2/c13-8-5-9(14)12-11(6-8)16-10(3-4-15-12)7-1-2-7/h5-7,10,15-16H,1-4H2. The van der Waals surface area contributed by atoms with E-state index < -0.39 is 11.6 Å². The number of fused-ring (bicyclic) bond motifs is 1. The van der Waals surface area contributed by atoms with Gasteiger partial charge in [-0.25, -0.2) is 8.78 Å². The van der Waals surface area contributed by atoms with Crippen LogP contribution in [0.1, 0.15) is 19.3 Å². The van der Waals surface area contributed by atoms with Crippen LogP contribution in [0.4, 0.5) is 20.2 Å². The quantitative estimate of drug-likeness (QED) is 0.766. The number of nitrogens with one attached hydrogen (secondary N) is 2. The summed E-state index contributed by atoms with van der Waals surface area (Å²) >= 11 is 0. The average molecular weight is 224 g/mol. The molecule has 1 unspecified atom stereocenters. The van der Waals surface area contributed by atoms with Crippen LogP contribution in [-0.2, 0) is 0 Å². The molecular weight excluding hydrogens is 210 g/mol. The van der Waals surface area contributed by atoms with Gasteiger partial charge in [0.1, 0.15) is 5.82 Å². The number of hydrogen-bond donors (Lipinski definition) is 2. The van der Waals surface area contributed by atoms with Gasteiger partial charge in [0, 0.05) is 18.7 Å². The summed E-state index contributed by atoms with van der Waals surface area (Å²) in [5.74, 6) is -0.361. The first kappa shape index (κ1) is 9.87. The molecule has 2 N–H and O–H groups in total. The molecule has 0 spiro atoms. The third-order valence-corrected chi connectivity index (χ3v) is 3.34. The summed E-state index contributed by atoms with van der Waals surface area (Å²) in [5, 5.41) is 6.29. The van der Waals surface area contributed by atoms with Gasteiger partial charge in [-0.05, 0) is 31.2 Å². The van der Waals surface area contributed by atoms with Crippen molar-refractivity contribution in [2.45, 2.75) is 25.3 Å². The van der Waals surface area contributed by atoms with Crippen molar-refractivity contribution in [2.75, 3.05) is 17.2 Å². The summed E-state index contributed by atoms with van der Waals surface area (Å²) < 4.78 is 26.6. The lowest BCUT2D eigenvalue weighted by atomic mass is 10.1. The van der Waals surface area contributed by atoms with Crippen molar-refractivity contribution in [1.29, 1.82) is 0 Å². The van der Waals surface area contributed by atoms with Crippen LogP contribution < -0.4 is 10.6 Å². The maximum atomic E-state index is 13.5. The third kappa shape index (κ3) is 1.72. The molecule has 1 aliphatic carbocycles. The molecule has 0 amide bonds. The van der Waals surface area contributed by atoms with Crippen LogP contribution in [0.25, 0.3) is 0 Å². The largest absolute Gasteiger partial charge is 0.381 e. The van der Waals surface area contributed by atoms with E-state index in [1.807, 2.05) is 0 Å². The topological polar surface area (TPSA) is 24.1 Å². The van der Waals surface area contributed by atoms with Crippen LogP contribution >= 0.6 is 0 Å². The van der Waals surface area contributed by atoms with Crippen LogP contribution in [0.3, 0.4) is 0 Å². The fraction of sp³-hybridized carbons (Fsp3) is 0.500. The minimum Gasteiger partial charge on any atom is -0.381 e. The Bertz CT molecular complexity index is 416. The molecule has 1 fully saturated rings. The molecule has 2 nitrogen and oxygen atoms in total. The highest BCUT2D eigenvalue weighted by molar-refractivity contribution is 5.70. The lowest BCUT2D eigenvalue weighted by Gasteiger charge is -2.16. The Morgan fingerprint density at radius 1 is 1.12 bits per heavy atom. The van der Waals surface area contributed by atoms with Crippen LogP contribution in [-0.4, -0.2) is 12.6 Å². The molecule has 2 aliphatic rings. The van der Waals surface area contributed by atoms with Crippen molar-refractivity contribution in [3.63, 3.8) is 0 Å². The van der Waals surface area contributed by atoms with E-state index in [1.165, 1.54) is 18.9 Å². The van der Waals surface area contributed by atoms with Crippen molar-refractivity contribution < 1.29 is 8.78 Å². The molecule has 16 heavy (non-hydrogen) atoms. The Labute approximate surface area is 93.0 Å². The number of hydrogen-bond acceptors (Lipinski definition) is 2. The summed E-state index contributed by atoms with van der Waals surface area (Å²) in [6, 6.07) is 2.65. The monoisotopic (exact) mass is 224 g/mol. The minimum atomic E-state index is -0.526. The van der Waals surface area contributed by atoms with Crippen molar-refractivity contribution in [3.8, 4) is 0 Å². The van der Waals surface area contributed by atoms with Gasteiger partial charge in [0.2, 0.25) is 0 Å². The van der Waals surface area contributed by atoms with Gasteiger partial charge in [-0.3, -0.25) is 0 Å². The van der Waals surface area contributed by atoms with Crippen molar-refractivity contribution in [3.05, 3.63) is 23.8 Å². The first-order valence-electron chi connectivity index (χ1n) is 5.73. The van der Waals surface area contributed by atoms with E-state index in [-0.39, 0.29) is 0 Å². The molecule has 1 heterocycles. The summed E-state index contributed by atoms with van der Waals surface area (Å²) in [6.45, 7) is 0.740. The molecule has 1 atom stereocenters. The Hall–Kier alpha value is -1.32.